The number of aromatic nitrogens is 2. The van der Waals surface area contributed by atoms with E-state index in [2.05, 4.69) is 25.2 Å². The molecule has 0 bridgehead atoms. The van der Waals surface area contributed by atoms with E-state index < -0.39 is 0 Å². The van der Waals surface area contributed by atoms with Gasteiger partial charge in [0.25, 0.3) is 0 Å². The first-order chi connectivity index (χ1) is 13.1. The van der Waals surface area contributed by atoms with Crippen molar-refractivity contribution in [2.45, 2.75) is 20.3 Å². The van der Waals surface area contributed by atoms with E-state index in [1.54, 1.807) is 36.0 Å². The second-order valence-corrected chi connectivity index (χ2v) is 7.16. The molecule has 1 aromatic carbocycles. The Labute approximate surface area is 161 Å². The maximum absolute atomic E-state index is 12.3. The molecule has 27 heavy (non-hydrogen) atoms. The first-order valence-corrected chi connectivity index (χ1v) is 9.52. The SMILES string of the molecule is Cc1cc(C)nc(Oc2ccc(NC(=O)CC3=CSC4=NCCN34)cc2)n1. The van der Waals surface area contributed by atoms with Crippen molar-refractivity contribution in [1.82, 2.24) is 14.9 Å². The second-order valence-electron chi connectivity index (χ2n) is 6.33. The van der Waals surface area contributed by atoms with Gasteiger partial charge in [-0.3, -0.25) is 9.79 Å². The fourth-order valence-electron chi connectivity index (χ4n) is 2.94. The van der Waals surface area contributed by atoms with Crippen LogP contribution in [-0.2, 0) is 4.79 Å². The third kappa shape index (κ3) is 4.11. The fraction of sp³-hybridized carbons (Fsp3) is 0.263. The van der Waals surface area contributed by atoms with Crippen molar-refractivity contribution in [3.8, 4) is 11.8 Å². The highest BCUT2D eigenvalue weighted by Gasteiger charge is 2.27. The number of anilines is 1. The van der Waals surface area contributed by atoms with Gasteiger partial charge in [0, 0.05) is 29.3 Å². The van der Waals surface area contributed by atoms with E-state index in [4.69, 9.17) is 4.74 Å². The molecule has 0 spiro atoms. The molecule has 2 aliphatic rings. The van der Waals surface area contributed by atoms with Crippen molar-refractivity contribution in [1.29, 1.82) is 0 Å². The highest BCUT2D eigenvalue weighted by Crippen LogP contribution is 2.31. The molecule has 0 radical (unpaired) electrons. The van der Waals surface area contributed by atoms with Crippen LogP contribution in [0.15, 0.2) is 46.4 Å². The lowest BCUT2D eigenvalue weighted by Crippen LogP contribution is -2.24. The molecule has 8 heteroatoms. The van der Waals surface area contributed by atoms with E-state index in [0.717, 1.165) is 41.0 Å². The van der Waals surface area contributed by atoms with Gasteiger partial charge in [0.05, 0.1) is 13.0 Å². The molecule has 0 saturated heterocycles. The van der Waals surface area contributed by atoms with Gasteiger partial charge in [-0.1, -0.05) is 11.8 Å². The highest BCUT2D eigenvalue weighted by atomic mass is 32.2. The molecule has 0 atom stereocenters. The van der Waals surface area contributed by atoms with Crippen LogP contribution in [0.1, 0.15) is 17.8 Å². The minimum atomic E-state index is -0.0543. The van der Waals surface area contributed by atoms with Crippen LogP contribution in [-0.4, -0.2) is 39.0 Å². The van der Waals surface area contributed by atoms with Gasteiger partial charge in [-0.2, -0.15) is 0 Å². The van der Waals surface area contributed by atoms with Crippen molar-refractivity contribution >= 4 is 28.5 Å². The fourth-order valence-corrected chi connectivity index (χ4v) is 3.89. The zero-order valence-electron chi connectivity index (χ0n) is 15.1. The molecule has 7 nitrogen and oxygen atoms in total. The van der Waals surface area contributed by atoms with E-state index in [9.17, 15) is 4.79 Å². The highest BCUT2D eigenvalue weighted by molar-refractivity contribution is 8.16. The maximum atomic E-state index is 12.3. The van der Waals surface area contributed by atoms with E-state index in [-0.39, 0.29) is 5.91 Å². The standard InChI is InChI=1S/C19H19N5O2S/c1-12-9-13(2)22-18(21-12)26-16-5-3-14(4-6-16)23-17(25)10-15-11-27-19-20-7-8-24(15)19/h3-6,9,11H,7-8,10H2,1-2H3,(H,23,25). The number of benzene rings is 1. The molecule has 0 fully saturated rings. The Hall–Kier alpha value is -2.87. The van der Waals surface area contributed by atoms with Gasteiger partial charge < -0.3 is 15.0 Å². The number of nitrogens with one attached hydrogen (secondary N) is 1. The van der Waals surface area contributed by atoms with Crippen LogP contribution in [0.2, 0.25) is 0 Å². The number of thioether (sulfide) groups is 1. The van der Waals surface area contributed by atoms with Crippen molar-refractivity contribution in [2.24, 2.45) is 4.99 Å². The number of rotatable bonds is 5. The number of ether oxygens (including phenoxy) is 1. The zero-order valence-corrected chi connectivity index (χ0v) is 15.9. The minimum absolute atomic E-state index is 0.0543. The van der Waals surface area contributed by atoms with Crippen LogP contribution in [0.5, 0.6) is 11.8 Å². The topological polar surface area (TPSA) is 79.7 Å². The van der Waals surface area contributed by atoms with Crippen molar-refractivity contribution in [3.63, 3.8) is 0 Å². The Bertz CT molecular complexity index is 919. The maximum Gasteiger partial charge on any atom is 0.322 e. The molecule has 1 aromatic heterocycles. The Morgan fingerprint density at radius 3 is 2.70 bits per heavy atom. The van der Waals surface area contributed by atoms with Crippen LogP contribution in [0, 0.1) is 13.8 Å². The van der Waals surface area contributed by atoms with Gasteiger partial charge in [0.15, 0.2) is 5.17 Å². The molecule has 2 aliphatic heterocycles. The summed E-state index contributed by atoms with van der Waals surface area (Å²) in [5.41, 5.74) is 3.43. The molecule has 4 rings (SSSR count). The summed E-state index contributed by atoms with van der Waals surface area (Å²) in [5, 5.41) is 5.91. The van der Waals surface area contributed by atoms with Crippen molar-refractivity contribution in [3.05, 3.63) is 52.8 Å². The largest absolute Gasteiger partial charge is 0.424 e. The molecule has 0 saturated carbocycles. The zero-order chi connectivity index (χ0) is 18.8. The van der Waals surface area contributed by atoms with Crippen LogP contribution >= 0.6 is 11.8 Å². The number of amidine groups is 1. The normalized spacial score (nSPS) is 15.3. The number of fused-ring (bicyclic) bond motifs is 1. The number of nitrogens with zero attached hydrogens (tertiary/aromatic N) is 4. The quantitative estimate of drug-likeness (QED) is 0.854. The summed E-state index contributed by atoms with van der Waals surface area (Å²) < 4.78 is 5.69. The smallest absolute Gasteiger partial charge is 0.322 e. The summed E-state index contributed by atoms with van der Waals surface area (Å²) in [6, 6.07) is 9.38. The minimum Gasteiger partial charge on any atom is -0.424 e. The molecule has 0 unspecified atom stereocenters. The average molecular weight is 381 g/mol. The molecule has 1 amide bonds. The van der Waals surface area contributed by atoms with Crippen molar-refractivity contribution in [2.75, 3.05) is 18.4 Å². The van der Waals surface area contributed by atoms with E-state index in [1.165, 1.54) is 0 Å². The Balaban J connectivity index is 1.35. The monoisotopic (exact) mass is 381 g/mol. The molecule has 2 aromatic rings. The molecule has 0 aliphatic carbocycles. The summed E-state index contributed by atoms with van der Waals surface area (Å²) in [7, 11) is 0. The number of amides is 1. The lowest BCUT2D eigenvalue weighted by Gasteiger charge is -2.16. The van der Waals surface area contributed by atoms with E-state index in [1.807, 2.05) is 25.3 Å². The molecule has 3 heterocycles. The summed E-state index contributed by atoms with van der Waals surface area (Å²) >= 11 is 1.58. The van der Waals surface area contributed by atoms with Crippen LogP contribution < -0.4 is 10.1 Å². The van der Waals surface area contributed by atoms with Crippen LogP contribution in [0.3, 0.4) is 0 Å². The first-order valence-electron chi connectivity index (χ1n) is 8.64. The van der Waals surface area contributed by atoms with Gasteiger partial charge in [-0.25, -0.2) is 9.97 Å². The van der Waals surface area contributed by atoms with Gasteiger partial charge in [-0.15, -0.1) is 0 Å². The molecule has 1 N–H and O–H groups in total. The average Bonchev–Trinajstić information content (AvgIpc) is 3.21. The van der Waals surface area contributed by atoms with Crippen LogP contribution in [0.25, 0.3) is 0 Å². The number of hydrogen-bond acceptors (Lipinski definition) is 7. The predicted octanol–water partition coefficient (Wildman–Crippen LogP) is 3.47. The Kier molecular flexibility index (Phi) is 4.81. The Morgan fingerprint density at radius 2 is 1.96 bits per heavy atom. The van der Waals surface area contributed by atoms with Gasteiger partial charge in [-0.05, 0) is 49.6 Å². The molecular formula is C19H19N5O2S. The van der Waals surface area contributed by atoms with Gasteiger partial charge in [0.2, 0.25) is 5.91 Å². The lowest BCUT2D eigenvalue weighted by molar-refractivity contribution is -0.115. The summed E-state index contributed by atoms with van der Waals surface area (Å²) in [5.74, 6) is 0.562. The third-order valence-corrected chi connectivity index (χ3v) is 5.05. The molecule has 138 valence electrons. The number of hydrogen-bond donors (Lipinski definition) is 1. The summed E-state index contributed by atoms with van der Waals surface area (Å²) in [6.45, 7) is 5.45. The predicted molar refractivity (Wildman–Crippen MR) is 106 cm³/mol. The summed E-state index contributed by atoms with van der Waals surface area (Å²) in [4.78, 5) is 27.3. The Morgan fingerprint density at radius 1 is 1.22 bits per heavy atom. The number of carbonyl (C=O) groups is 1. The van der Waals surface area contributed by atoms with Gasteiger partial charge in [0.1, 0.15) is 5.75 Å². The number of carbonyl (C=O) groups excluding carboxylic acids is 1. The van der Waals surface area contributed by atoms with Crippen molar-refractivity contribution < 1.29 is 9.53 Å². The van der Waals surface area contributed by atoms with E-state index in [0.29, 0.717) is 18.2 Å². The number of aliphatic imine (C=N–C) groups is 1. The van der Waals surface area contributed by atoms with Gasteiger partial charge >= 0.3 is 6.01 Å². The van der Waals surface area contributed by atoms with Crippen LogP contribution in [0.4, 0.5) is 5.69 Å². The third-order valence-electron chi connectivity index (χ3n) is 4.10. The summed E-state index contributed by atoms with van der Waals surface area (Å²) in [6.07, 6.45) is 0.334. The first kappa shape index (κ1) is 17.5. The van der Waals surface area contributed by atoms with E-state index >= 15 is 0 Å². The number of aryl methyl sites for hydroxylation is 2. The lowest BCUT2D eigenvalue weighted by atomic mass is 10.2. The molecular weight excluding hydrogens is 362 g/mol. The second kappa shape index (κ2) is 7.40.